The minimum absolute atomic E-state index is 0.0453. The van der Waals surface area contributed by atoms with Gasteiger partial charge in [-0.05, 0) is 49.7 Å². The molecule has 2 N–H and O–H groups in total. The van der Waals surface area contributed by atoms with Crippen LogP contribution in [0.5, 0.6) is 5.75 Å². The van der Waals surface area contributed by atoms with Gasteiger partial charge < -0.3 is 10.4 Å². The Morgan fingerprint density at radius 2 is 1.78 bits per heavy atom. The Hall–Kier alpha value is -2.03. The van der Waals surface area contributed by atoms with Gasteiger partial charge in [-0.1, -0.05) is 12.1 Å². The first-order chi connectivity index (χ1) is 8.56. The molecule has 0 aliphatic heterocycles. The van der Waals surface area contributed by atoms with Gasteiger partial charge in [-0.25, -0.2) is 4.39 Å². The second-order valence-corrected chi connectivity index (χ2v) is 4.44. The number of phenolic OH excluding ortho intramolecular Hbond substituents is 1. The predicted molar refractivity (Wildman–Crippen MR) is 71.3 cm³/mol. The van der Waals surface area contributed by atoms with Crippen molar-refractivity contribution in [2.75, 3.05) is 5.32 Å². The number of benzene rings is 2. The van der Waals surface area contributed by atoms with Crippen molar-refractivity contribution in [3.63, 3.8) is 0 Å². The van der Waals surface area contributed by atoms with Crippen molar-refractivity contribution in [2.24, 2.45) is 0 Å². The molecule has 0 saturated heterocycles. The fourth-order valence-electron chi connectivity index (χ4n) is 1.89. The topological polar surface area (TPSA) is 32.3 Å². The van der Waals surface area contributed by atoms with E-state index in [9.17, 15) is 9.50 Å². The zero-order chi connectivity index (χ0) is 13.1. The van der Waals surface area contributed by atoms with Crippen molar-refractivity contribution < 1.29 is 9.50 Å². The Morgan fingerprint density at radius 1 is 1.11 bits per heavy atom. The lowest BCUT2D eigenvalue weighted by atomic mass is 10.0. The number of hydrogen-bond acceptors (Lipinski definition) is 2. The zero-order valence-corrected chi connectivity index (χ0v) is 10.4. The molecule has 2 nitrogen and oxygen atoms in total. The van der Waals surface area contributed by atoms with Gasteiger partial charge >= 0.3 is 0 Å². The summed E-state index contributed by atoms with van der Waals surface area (Å²) in [6, 6.07) is 11.7. The number of anilines is 1. The molecule has 0 spiro atoms. The largest absolute Gasteiger partial charge is 0.508 e. The molecule has 0 radical (unpaired) electrons. The lowest BCUT2D eigenvalue weighted by Gasteiger charge is -2.17. The summed E-state index contributed by atoms with van der Waals surface area (Å²) >= 11 is 0. The number of halogens is 1. The maximum absolute atomic E-state index is 12.8. The van der Waals surface area contributed by atoms with Gasteiger partial charge in [-0.2, -0.15) is 0 Å². The quantitative estimate of drug-likeness (QED) is 0.856. The summed E-state index contributed by atoms with van der Waals surface area (Å²) in [4.78, 5) is 0. The molecular formula is C15H16FNO. The summed E-state index contributed by atoms with van der Waals surface area (Å²) in [6.07, 6.45) is 0. The maximum Gasteiger partial charge on any atom is 0.123 e. The van der Waals surface area contributed by atoms with Crippen LogP contribution in [0.2, 0.25) is 0 Å². The third kappa shape index (κ3) is 2.80. The van der Waals surface area contributed by atoms with E-state index < -0.39 is 0 Å². The minimum Gasteiger partial charge on any atom is -0.508 e. The summed E-state index contributed by atoms with van der Waals surface area (Å²) < 4.78 is 12.8. The lowest BCUT2D eigenvalue weighted by Crippen LogP contribution is -2.06. The maximum atomic E-state index is 12.8. The first-order valence-electron chi connectivity index (χ1n) is 5.88. The van der Waals surface area contributed by atoms with Crippen LogP contribution >= 0.6 is 0 Å². The highest BCUT2D eigenvalue weighted by Gasteiger charge is 2.10. The number of nitrogens with one attached hydrogen (secondary N) is 1. The van der Waals surface area contributed by atoms with E-state index in [0.29, 0.717) is 0 Å². The Kier molecular flexibility index (Phi) is 3.51. The standard InChI is InChI=1S/C15H16FNO/c1-10-3-8-14(15(18)9-10)11(2)17-13-6-4-12(16)5-7-13/h3-9,11,17-18H,1-2H3. The molecule has 2 aromatic rings. The summed E-state index contributed by atoms with van der Waals surface area (Å²) in [5.41, 5.74) is 2.67. The molecule has 18 heavy (non-hydrogen) atoms. The Labute approximate surface area is 106 Å². The number of phenols is 1. The van der Waals surface area contributed by atoms with E-state index in [2.05, 4.69) is 5.32 Å². The van der Waals surface area contributed by atoms with Gasteiger partial charge in [0.15, 0.2) is 0 Å². The van der Waals surface area contributed by atoms with Crippen molar-refractivity contribution in [3.8, 4) is 5.75 Å². The highest BCUT2D eigenvalue weighted by atomic mass is 19.1. The molecular weight excluding hydrogens is 229 g/mol. The van der Waals surface area contributed by atoms with Crippen molar-refractivity contribution in [3.05, 3.63) is 59.4 Å². The third-order valence-corrected chi connectivity index (χ3v) is 2.88. The molecule has 0 heterocycles. The Bertz CT molecular complexity index is 537. The Balaban J connectivity index is 2.16. The molecule has 3 heteroatoms. The first-order valence-corrected chi connectivity index (χ1v) is 5.88. The van der Waals surface area contributed by atoms with Crippen molar-refractivity contribution in [1.82, 2.24) is 0 Å². The van der Waals surface area contributed by atoms with Crippen LogP contribution in [0, 0.1) is 12.7 Å². The lowest BCUT2D eigenvalue weighted by molar-refractivity contribution is 0.465. The van der Waals surface area contributed by atoms with E-state index in [-0.39, 0.29) is 17.6 Å². The van der Waals surface area contributed by atoms with Crippen molar-refractivity contribution in [1.29, 1.82) is 0 Å². The van der Waals surface area contributed by atoms with Gasteiger partial charge in [0, 0.05) is 11.3 Å². The minimum atomic E-state index is -0.258. The van der Waals surface area contributed by atoms with Crippen molar-refractivity contribution >= 4 is 5.69 Å². The molecule has 0 amide bonds. The van der Waals surface area contributed by atoms with Crippen molar-refractivity contribution in [2.45, 2.75) is 19.9 Å². The normalized spacial score (nSPS) is 12.2. The molecule has 0 aliphatic carbocycles. The smallest absolute Gasteiger partial charge is 0.123 e. The molecule has 1 atom stereocenters. The Morgan fingerprint density at radius 3 is 2.39 bits per heavy atom. The van der Waals surface area contributed by atoms with Gasteiger partial charge in [-0.15, -0.1) is 0 Å². The molecule has 0 aliphatic rings. The third-order valence-electron chi connectivity index (χ3n) is 2.88. The van der Waals surface area contributed by atoms with Crippen LogP contribution in [-0.2, 0) is 0 Å². The fourth-order valence-corrected chi connectivity index (χ4v) is 1.89. The van der Waals surface area contributed by atoms with E-state index in [1.165, 1.54) is 12.1 Å². The molecule has 0 aromatic heterocycles. The van der Waals surface area contributed by atoms with Gasteiger partial charge in [0.25, 0.3) is 0 Å². The van der Waals surface area contributed by atoms with E-state index in [1.54, 1.807) is 18.2 Å². The van der Waals surface area contributed by atoms with E-state index in [0.717, 1.165) is 16.8 Å². The van der Waals surface area contributed by atoms with Gasteiger partial charge in [0.2, 0.25) is 0 Å². The molecule has 0 saturated carbocycles. The molecule has 2 aromatic carbocycles. The second kappa shape index (κ2) is 5.08. The van der Waals surface area contributed by atoms with Gasteiger partial charge in [0.05, 0.1) is 6.04 Å². The van der Waals surface area contributed by atoms with Gasteiger partial charge in [0.1, 0.15) is 11.6 Å². The van der Waals surface area contributed by atoms with Gasteiger partial charge in [-0.3, -0.25) is 0 Å². The number of hydrogen-bond donors (Lipinski definition) is 2. The van der Waals surface area contributed by atoms with E-state index in [1.807, 2.05) is 26.0 Å². The molecule has 1 unspecified atom stereocenters. The highest BCUT2D eigenvalue weighted by Crippen LogP contribution is 2.27. The first kappa shape index (κ1) is 12.4. The monoisotopic (exact) mass is 245 g/mol. The molecule has 2 rings (SSSR count). The van der Waals surface area contributed by atoms with Crippen LogP contribution < -0.4 is 5.32 Å². The van der Waals surface area contributed by atoms with Crippen LogP contribution in [0.3, 0.4) is 0 Å². The fraction of sp³-hybridized carbons (Fsp3) is 0.200. The number of rotatable bonds is 3. The van der Waals surface area contributed by atoms with Crippen LogP contribution in [0.25, 0.3) is 0 Å². The van der Waals surface area contributed by atoms with Crippen LogP contribution in [0.4, 0.5) is 10.1 Å². The summed E-state index contributed by atoms with van der Waals surface area (Å²) in [5.74, 6) is 0.0171. The number of aromatic hydroxyl groups is 1. The molecule has 0 bridgehead atoms. The van der Waals surface area contributed by atoms with Crippen LogP contribution in [0.1, 0.15) is 24.1 Å². The molecule has 0 fully saturated rings. The molecule has 94 valence electrons. The average molecular weight is 245 g/mol. The van der Waals surface area contributed by atoms with Crippen LogP contribution in [-0.4, -0.2) is 5.11 Å². The zero-order valence-electron chi connectivity index (χ0n) is 10.4. The summed E-state index contributed by atoms with van der Waals surface area (Å²) in [6.45, 7) is 3.88. The van der Waals surface area contributed by atoms with E-state index in [4.69, 9.17) is 0 Å². The van der Waals surface area contributed by atoms with E-state index >= 15 is 0 Å². The summed E-state index contributed by atoms with van der Waals surface area (Å²) in [7, 11) is 0. The average Bonchev–Trinajstić information content (AvgIpc) is 2.32. The highest BCUT2D eigenvalue weighted by molar-refractivity contribution is 5.47. The second-order valence-electron chi connectivity index (χ2n) is 4.44. The van der Waals surface area contributed by atoms with Crippen LogP contribution in [0.15, 0.2) is 42.5 Å². The summed E-state index contributed by atoms with van der Waals surface area (Å²) in [5, 5.41) is 13.1. The number of aryl methyl sites for hydroxylation is 1. The SMILES string of the molecule is Cc1ccc(C(C)Nc2ccc(F)cc2)c(O)c1. The predicted octanol–water partition coefficient (Wildman–Crippen LogP) is 4.01.